The Hall–Kier alpha value is -1.55. The molecule has 0 radical (unpaired) electrons. The number of ether oxygens (including phenoxy) is 1. The average Bonchev–Trinajstić information content (AvgIpc) is 2.98. The molecule has 2 saturated carbocycles. The zero-order valence-corrected chi connectivity index (χ0v) is 13.9. The van der Waals surface area contributed by atoms with Gasteiger partial charge in [0.2, 0.25) is 5.91 Å². The van der Waals surface area contributed by atoms with Crippen molar-refractivity contribution in [1.29, 1.82) is 0 Å². The second-order valence-electron chi connectivity index (χ2n) is 6.90. The molecule has 2 unspecified atom stereocenters. The molecule has 2 fully saturated rings. The molecule has 1 aromatic carbocycles. The summed E-state index contributed by atoms with van der Waals surface area (Å²) >= 11 is 6.22. The molecule has 1 aromatic rings. The zero-order valence-electron chi connectivity index (χ0n) is 13.2. The molecule has 0 bridgehead atoms. The smallest absolute Gasteiger partial charge is 0.322 e. The van der Waals surface area contributed by atoms with E-state index in [-0.39, 0.29) is 18.5 Å². The third-order valence-corrected chi connectivity index (χ3v) is 6.19. The van der Waals surface area contributed by atoms with E-state index in [1.165, 1.54) is 0 Å². The summed E-state index contributed by atoms with van der Waals surface area (Å²) in [4.78, 5) is 25.6. The molecule has 4 nitrogen and oxygen atoms in total. The summed E-state index contributed by atoms with van der Waals surface area (Å²) in [5.74, 6) is -0.247. The highest BCUT2D eigenvalue weighted by molar-refractivity contribution is 6.31. The maximum Gasteiger partial charge on any atom is 0.322 e. The standard InChI is InChI=1S/C18H20ClNO3/c1-2-23-16(22)18-10-17(18,11-5-3-4-6-11)13-9-12(19)7-8-14(13)20-15(18)21/h7-9,11H,2-6,10H2,1H3,(H,20,21). The minimum absolute atomic E-state index is 0.210. The van der Waals surface area contributed by atoms with E-state index in [1.807, 2.05) is 12.1 Å². The number of anilines is 1. The molecular weight excluding hydrogens is 314 g/mol. The van der Waals surface area contributed by atoms with Gasteiger partial charge in [-0.2, -0.15) is 0 Å². The van der Waals surface area contributed by atoms with Crippen molar-refractivity contribution in [1.82, 2.24) is 0 Å². The van der Waals surface area contributed by atoms with Gasteiger partial charge in [-0.15, -0.1) is 0 Å². The van der Waals surface area contributed by atoms with Crippen LogP contribution >= 0.6 is 11.6 Å². The first-order valence-corrected chi connectivity index (χ1v) is 8.73. The van der Waals surface area contributed by atoms with Gasteiger partial charge in [0.1, 0.15) is 0 Å². The first-order chi connectivity index (χ1) is 11.1. The van der Waals surface area contributed by atoms with Gasteiger partial charge in [0.25, 0.3) is 0 Å². The summed E-state index contributed by atoms with van der Waals surface area (Å²) in [6.45, 7) is 2.07. The van der Waals surface area contributed by atoms with E-state index < -0.39 is 10.8 Å². The molecule has 1 heterocycles. The van der Waals surface area contributed by atoms with Crippen LogP contribution in [0.5, 0.6) is 0 Å². The minimum Gasteiger partial charge on any atom is -0.465 e. The molecule has 3 aliphatic rings. The first-order valence-electron chi connectivity index (χ1n) is 8.35. The molecule has 122 valence electrons. The number of hydrogen-bond acceptors (Lipinski definition) is 3. The number of fused-ring (bicyclic) bond motifs is 3. The van der Waals surface area contributed by atoms with Crippen molar-refractivity contribution in [2.45, 2.75) is 44.4 Å². The Kier molecular flexibility index (Phi) is 3.24. The Balaban J connectivity index is 1.89. The third-order valence-electron chi connectivity index (χ3n) is 5.95. The van der Waals surface area contributed by atoms with Crippen LogP contribution in [0.15, 0.2) is 18.2 Å². The molecule has 1 aliphatic heterocycles. The second kappa shape index (κ2) is 4.97. The Morgan fingerprint density at radius 3 is 2.83 bits per heavy atom. The number of carbonyl (C=O) groups excluding carboxylic acids is 2. The van der Waals surface area contributed by atoms with Gasteiger partial charge >= 0.3 is 5.97 Å². The lowest BCUT2D eigenvalue weighted by atomic mass is 9.72. The SMILES string of the molecule is CCOC(=O)C12CC1(C1CCCC1)c1cc(Cl)ccc1NC2=O. The highest BCUT2D eigenvalue weighted by Crippen LogP contribution is 2.74. The predicted octanol–water partition coefficient (Wildman–Crippen LogP) is 3.67. The number of esters is 1. The first kappa shape index (κ1) is 15.0. The van der Waals surface area contributed by atoms with Gasteiger partial charge in [0.15, 0.2) is 5.41 Å². The van der Waals surface area contributed by atoms with E-state index in [1.54, 1.807) is 13.0 Å². The van der Waals surface area contributed by atoms with Crippen LogP contribution in [0.3, 0.4) is 0 Å². The highest BCUT2D eigenvalue weighted by Gasteiger charge is 2.81. The van der Waals surface area contributed by atoms with Crippen LogP contribution in [0.2, 0.25) is 5.02 Å². The maximum atomic E-state index is 12.8. The maximum absolute atomic E-state index is 12.8. The van der Waals surface area contributed by atoms with Gasteiger partial charge in [-0.3, -0.25) is 9.59 Å². The Bertz CT molecular complexity index is 698. The van der Waals surface area contributed by atoms with E-state index in [0.29, 0.717) is 17.4 Å². The Labute approximate surface area is 140 Å². The highest BCUT2D eigenvalue weighted by atomic mass is 35.5. The summed E-state index contributed by atoms with van der Waals surface area (Å²) in [6, 6.07) is 5.55. The largest absolute Gasteiger partial charge is 0.465 e. The quantitative estimate of drug-likeness (QED) is 0.678. The van der Waals surface area contributed by atoms with Crippen LogP contribution in [0.4, 0.5) is 5.69 Å². The molecule has 1 amide bonds. The van der Waals surface area contributed by atoms with Crippen LogP contribution in [-0.2, 0) is 19.7 Å². The van der Waals surface area contributed by atoms with Gasteiger partial charge in [0.05, 0.1) is 6.61 Å². The van der Waals surface area contributed by atoms with Crippen molar-refractivity contribution in [2.75, 3.05) is 11.9 Å². The number of amides is 1. The fourth-order valence-corrected chi connectivity index (χ4v) is 5.11. The summed E-state index contributed by atoms with van der Waals surface area (Å²) in [6.07, 6.45) is 4.97. The molecule has 2 atom stereocenters. The lowest BCUT2D eigenvalue weighted by Crippen LogP contribution is -2.45. The molecule has 0 aromatic heterocycles. The lowest BCUT2D eigenvalue weighted by Gasteiger charge is -2.35. The Morgan fingerprint density at radius 1 is 1.39 bits per heavy atom. The van der Waals surface area contributed by atoms with E-state index in [2.05, 4.69) is 5.32 Å². The van der Waals surface area contributed by atoms with Gasteiger partial charge in [-0.05, 0) is 55.9 Å². The van der Waals surface area contributed by atoms with E-state index in [0.717, 1.165) is 36.9 Å². The van der Waals surface area contributed by atoms with Crippen molar-refractivity contribution >= 4 is 29.2 Å². The molecule has 4 rings (SSSR count). The van der Waals surface area contributed by atoms with Gasteiger partial charge in [0, 0.05) is 16.1 Å². The lowest BCUT2D eigenvalue weighted by molar-refractivity contribution is -0.154. The predicted molar refractivity (Wildman–Crippen MR) is 87.4 cm³/mol. The summed E-state index contributed by atoms with van der Waals surface area (Å²) in [5.41, 5.74) is 0.321. The summed E-state index contributed by atoms with van der Waals surface area (Å²) in [7, 11) is 0. The summed E-state index contributed by atoms with van der Waals surface area (Å²) in [5, 5.41) is 3.55. The topological polar surface area (TPSA) is 55.4 Å². The summed E-state index contributed by atoms with van der Waals surface area (Å²) < 4.78 is 5.29. The van der Waals surface area contributed by atoms with Gasteiger partial charge in [-0.25, -0.2) is 0 Å². The Morgan fingerprint density at radius 2 is 2.13 bits per heavy atom. The van der Waals surface area contributed by atoms with E-state index >= 15 is 0 Å². The van der Waals surface area contributed by atoms with Crippen molar-refractivity contribution in [3.63, 3.8) is 0 Å². The number of hydrogen-bond donors (Lipinski definition) is 1. The number of rotatable bonds is 3. The van der Waals surface area contributed by atoms with Gasteiger partial charge < -0.3 is 10.1 Å². The van der Waals surface area contributed by atoms with Crippen LogP contribution in [0.1, 0.15) is 44.6 Å². The number of nitrogens with one attached hydrogen (secondary N) is 1. The van der Waals surface area contributed by atoms with Crippen LogP contribution in [0, 0.1) is 11.3 Å². The average molecular weight is 334 g/mol. The van der Waals surface area contributed by atoms with Crippen LogP contribution in [0.25, 0.3) is 0 Å². The van der Waals surface area contributed by atoms with Gasteiger partial charge in [-0.1, -0.05) is 24.4 Å². The molecule has 0 saturated heterocycles. The number of halogens is 1. The third kappa shape index (κ3) is 1.78. The fraction of sp³-hybridized carbons (Fsp3) is 0.556. The molecule has 5 heteroatoms. The van der Waals surface area contributed by atoms with E-state index in [9.17, 15) is 9.59 Å². The van der Waals surface area contributed by atoms with Crippen LogP contribution < -0.4 is 5.32 Å². The van der Waals surface area contributed by atoms with Crippen molar-refractivity contribution in [3.05, 3.63) is 28.8 Å². The minimum atomic E-state index is -1.06. The molecule has 2 aliphatic carbocycles. The van der Waals surface area contributed by atoms with Crippen LogP contribution in [-0.4, -0.2) is 18.5 Å². The second-order valence-corrected chi connectivity index (χ2v) is 7.34. The number of carbonyl (C=O) groups is 2. The fourth-order valence-electron chi connectivity index (χ4n) is 4.94. The monoisotopic (exact) mass is 333 g/mol. The zero-order chi connectivity index (χ0) is 16.2. The molecular formula is C18H20ClNO3. The van der Waals surface area contributed by atoms with Crippen molar-refractivity contribution in [3.8, 4) is 0 Å². The normalized spacial score (nSPS) is 32.0. The van der Waals surface area contributed by atoms with Crippen molar-refractivity contribution < 1.29 is 14.3 Å². The number of benzene rings is 1. The molecule has 1 N–H and O–H groups in total. The van der Waals surface area contributed by atoms with Crippen molar-refractivity contribution in [2.24, 2.45) is 11.3 Å². The van der Waals surface area contributed by atoms with E-state index in [4.69, 9.17) is 16.3 Å². The molecule has 0 spiro atoms. The molecule has 23 heavy (non-hydrogen) atoms.